The van der Waals surface area contributed by atoms with Gasteiger partial charge in [-0.05, 0) is 76.7 Å². The number of carbonyl (C=O) groups is 2. The summed E-state index contributed by atoms with van der Waals surface area (Å²) in [5, 5.41) is 51.6. The van der Waals surface area contributed by atoms with Gasteiger partial charge in [-0.1, -0.05) is 148 Å². The average molecular weight is 1120 g/mol. The van der Waals surface area contributed by atoms with Gasteiger partial charge in [0.25, 0.3) is 0 Å². The van der Waals surface area contributed by atoms with E-state index in [9.17, 15) is 58.8 Å². The lowest BCUT2D eigenvalue weighted by Crippen LogP contribution is -2.36. The molecule has 77 heavy (non-hydrogen) atoms. The number of unbranched alkanes of at least 4 members (excludes halogenated alkanes) is 3. The highest BCUT2D eigenvalue weighted by Crippen LogP contribution is 2.60. The lowest BCUT2D eigenvalue weighted by molar-refractivity contribution is -0.161. The first-order chi connectivity index (χ1) is 36.9. The van der Waals surface area contributed by atoms with E-state index < -0.39 is 102 Å². The van der Waals surface area contributed by atoms with Crippen molar-refractivity contribution >= 4 is 33.4 Å². The Labute approximate surface area is 452 Å². The SMILES string of the molecule is CC/C=C\C[C@@H](O)/C=C/C=C/C=C\C=C/[C@H](O)[C@@H](O)CCCC(=O)OC[C@H](COP(=O)(O)OP(=O)(O)OC[C@H]1O[C@@H](n2ccc(N)nc2=O)[C@H](O)[C@@H]1O)OC(=O)CC/C=C\C/C=C\C/C=C\C/C=C\C/C=C\CCCCC. The number of phosphoric acid groups is 2. The predicted octanol–water partition coefficient (Wildman–Crippen LogP) is 7.69. The van der Waals surface area contributed by atoms with E-state index in [1.54, 1.807) is 42.5 Å². The second-order valence-corrected chi connectivity index (χ2v) is 20.5. The Hall–Kier alpha value is -4.96. The van der Waals surface area contributed by atoms with Crippen LogP contribution in [0.2, 0.25) is 0 Å². The molecule has 2 heterocycles. The first-order valence-electron chi connectivity index (χ1n) is 25.9. The molecule has 0 aromatic carbocycles. The molecule has 2 rings (SSSR count). The summed E-state index contributed by atoms with van der Waals surface area (Å²) >= 11 is 0. The topological polar surface area (TPSA) is 326 Å². The third kappa shape index (κ3) is 32.5. The highest BCUT2D eigenvalue weighted by Gasteiger charge is 2.46. The Morgan fingerprint density at radius 1 is 0.740 bits per heavy atom. The van der Waals surface area contributed by atoms with Crippen molar-refractivity contribution in [3.63, 3.8) is 0 Å². The molecule has 1 saturated heterocycles. The summed E-state index contributed by atoms with van der Waals surface area (Å²) < 4.78 is 56.4. The minimum atomic E-state index is -5.53. The Morgan fingerprint density at radius 2 is 1.34 bits per heavy atom. The number of aliphatic hydroxyl groups excluding tert-OH is 5. The molecular weight excluding hydrogens is 1040 g/mol. The van der Waals surface area contributed by atoms with Gasteiger partial charge in [0.05, 0.1) is 31.5 Å². The molecule has 0 saturated carbocycles. The summed E-state index contributed by atoms with van der Waals surface area (Å²) in [6.07, 6.45) is 36.6. The zero-order valence-electron chi connectivity index (χ0n) is 44.0. The molecule has 9 N–H and O–H groups in total. The molecule has 21 nitrogen and oxygen atoms in total. The summed E-state index contributed by atoms with van der Waals surface area (Å²) in [6, 6.07) is 1.22. The molecule has 1 aromatic heterocycles. The van der Waals surface area contributed by atoms with E-state index in [1.165, 1.54) is 37.5 Å². The largest absolute Gasteiger partial charge is 0.481 e. The second kappa shape index (κ2) is 40.3. The van der Waals surface area contributed by atoms with Crippen LogP contribution >= 0.6 is 15.6 Å². The second-order valence-electron chi connectivity index (χ2n) is 17.5. The van der Waals surface area contributed by atoms with Crippen molar-refractivity contribution < 1.29 is 81.6 Å². The number of esters is 2. The Bertz CT molecular complexity index is 2330. The predicted molar refractivity (Wildman–Crippen MR) is 292 cm³/mol. The standard InChI is InChI=1S/C54H81N3O18P2/c1-3-5-7-8-9-10-11-12-13-14-15-16-17-18-19-20-21-26-30-36-50(62)73-44(40-70-49(61)37-31-35-46(60)45(59)34-29-25-23-22-24-28-33-43(58)32-27-6-4-2)41-71-76(66,67)75-77(68,69)72-42-47-51(63)52(64)53(74-47)57-39-38-48(55)56-54(57)65/h6,9-10,12-13,15-16,18-19,21-29,33-34,38-39,43-47,51-53,58-60,63-64H,3-5,7-8,11,14,17,20,30-32,35-37,40-42H2,1-2H3,(H,66,67)(H,68,69)(H2,55,56,65)/b10-9-,13-12-,16-15-,19-18-,24-22+,25-23-,26-21-,27-6-,33-28+,34-29-/t43-,44-,45+,46+,47-,51-,52-,53-/m1/s1. The maximum Gasteiger partial charge on any atom is 0.481 e. The monoisotopic (exact) mass is 1120 g/mol. The quantitative estimate of drug-likeness (QED) is 0.0103. The Kier molecular flexibility index (Phi) is 35.6. The van der Waals surface area contributed by atoms with Crippen molar-refractivity contribution in [2.75, 3.05) is 25.6 Å². The number of nitrogen functional groups attached to an aromatic ring is 1. The molecule has 1 aliphatic heterocycles. The number of anilines is 1. The molecule has 0 amide bonds. The van der Waals surface area contributed by atoms with E-state index >= 15 is 0 Å². The number of ether oxygens (including phenoxy) is 3. The molecule has 430 valence electrons. The van der Waals surface area contributed by atoms with Crippen LogP contribution in [0, 0.1) is 0 Å². The summed E-state index contributed by atoms with van der Waals surface area (Å²) in [6.45, 7) is 1.51. The van der Waals surface area contributed by atoms with Crippen molar-refractivity contribution in [2.24, 2.45) is 0 Å². The number of nitrogens with zero attached hydrogens (tertiary/aromatic N) is 2. The van der Waals surface area contributed by atoms with Gasteiger partial charge in [-0.3, -0.25) is 23.2 Å². The lowest BCUT2D eigenvalue weighted by Gasteiger charge is -2.21. The van der Waals surface area contributed by atoms with E-state index in [0.717, 1.165) is 42.9 Å². The molecule has 2 unspecified atom stereocenters. The van der Waals surface area contributed by atoms with Crippen LogP contribution in [0.3, 0.4) is 0 Å². The van der Waals surface area contributed by atoms with Crippen LogP contribution in [0.5, 0.6) is 0 Å². The van der Waals surface area contributed by atoms with Crippen LogP contribution in [0.15, 0.2) is 139 Å². The molecule has 1 fully saturated rings. The number of carbonyl (C=O) groups excluding carboxylic acids is 2. The van der Waals surface area contributed by atoms with Crippen LogP contribution in [0.1, 0.15) is 116 Å². The van der Waals surface area contributed by atoms with Gasteiger partial charge in [-0.25, -0.2) is 13.9 Å². The molecule has 1 aromatic rings. The zero-order chi connectivity index (χ0) is 56.7. The zero-order valence-corrected chi connectivity index (χ0v) is 45.8. The number of rotatable bonds is 40. The summed E-state index contributed by atoms with van der Waals surface area (Å²) in [7, 11) is -11.0. The van der Waals surface area contributed by atoms with Gasteiger partial charge in [0.2, 0.25) is 0 Å². The van der Waals surface area contributed by atoms with Crippen molar-refractivity contribution in [3.8, 4) is 0 Å². The fourth-order valence-electron chi connectivity index (χ4n) is 6.75. The number of aromatic nitrogens is 2. The maximum absolute atomic E-state index is 12.9. The van der Waals surface area contributed by atoms with Gasteiger partial charge in [0.15, 0.2) is 12.3 Å². The average Bonchev–Trinajstić information content (AvgIpc) is 3.66. The van der Waals surface area contributed by atoms with Gasteiger partial charge in [-0.15, -0.1) is 0 Å². The first-order valence-corrected chi connectivity index (χ1v) is 28.9. The van der Waals surface area contributed by atoms with Gasteiger partial charge < -0.3 is 55.3 Å². The third-order valence-corrected chi connectivity index (χ3v) is 13.5. The van der Waals surface area contributed by atoms with Crippen molar-refractivity contribution in [1.29, 1.82) is 0 Å². The minimum absolute atomic E-state index is 0.0103. The maximum atomic E-state index is 12.9. The fourth-order valence-corrected chi connectivity index (χ4v) is 8.86. The van der Waals surface area contributed by atoms with E-state index in [4.69, 9.17) is 29.0 Å². The van der Waals surface area contributed by atoms with Crippen molar-refractivity contribution in [1.82, 2.24) is 9.55 Å². The number of phosphoric ester groups is 2. The summed E-state index contributed by atoms with van der Waals surface area (Å²) in [5.41, 5.74) is 4.55. The van der Waals surface area contributed by atoms with Crippen LogP contribution in [0.4, 0.5) is 5.82 Å². The molecule has 0 aliphatic carbocycles. The van der Waals surface area contributed by atoms with Gasteiger partial charge in [-0.2, -0.15) is 9.29 Å². The van der Waals surface area contributed by atoms with Gasteiger partial charge in [0.1, 0.15) is 30.7 Å². The van der Waals surface area contributed by atoms with E-state index in [1.807, 2.05) is 37.3 Å². The molecule has 0 bridgehead atoms. The normalized spacial score (nSPS) is 20.8. The van der Waals surface area contributed by atoms with Gasteiger partial charge in [0, 0.05) is 19.0 Å². The number of hydrogen-bond donors (Lipinski definition) is 8. The molecule has 1 aliphatic rings. The number of aliphatic hydroxyl groups is 5. The molecule has 10 atom stereocenters. The summed E-state index contributed by atoms with van der Waals surface area (Å²) in [4.78, 5) is 62.0. The number of nitrogens with two attached hydrogens (primary N) is 1. The van der Waals surface area contributed by atoms with Crippen molar-refractivity contribution in [2.45, 2.75) is 159 Å². The lowest BCUT2D eigenvalue weighted by atomic mass is 10.1. The van der Waals surface area contributed by atoms with Crippen LogP contribution in [-0.4, -0.2) is 119 Å². The fraction of sp³-hybridized carbons (Fsp3) is 0.519. The molecule has 23 heteroatoms. The Morgan fingerprint density at radius 3 is 1.96 bits per heavy atom. The van der Waals surface area contributed by atoms with E-state index in [0.29, 0.717) is 12.8 Å². The highest BCUT2D eigenvalue weighted by atomic mass is 31.3. The highest BCUT2D eigenvalue weighted by molar-refractivity contribution is 7.61. The number of allylic oxidation sites excluding steroid dienone is 17. The van der Waals surface area contributed by atoms with E-state index in [-0.39, 0.29) is 37.9 Å². The first kappa shape index (κ1) is 68.1. The smallest absolute Gasteiger partial charge is 0.462 e. The van der Waals surface area contributed by atoms with Crippen molar-refractivity contribution in [3.05, 3.63) is 144 Å². The van der Waals surface area contributed by atoms with Crippen LogP contribution < -0.4 is 11.4 Å². The van der Waals surface area contributed by atoms with E-state index in [2.05, 4.69) is 52.7 Å². The number of hydrogen-bond acceptors (Lipinski definition) is 18. The molecular formula is C54H81N3O18P2. The minimum Gasteiger partial charge on any atom is -0.462 e. The Balaban J connectivity index is 1.92. The summed E-state index contributed by atoms with van der Waals surface area (Å²) in [5.74, 6) is -1.77. The van der Waals surface area contributed by atoms with Crippen LogP contribution in [0.25, 0.3) is 0 Å². The van der Waals surface area contributed by atoms with Gasteiger partial charge >= 0.3 is 33.3 Å². The molecule has 0 radical (unpaired) electrons. The third-order valence-electron chi connectivity index (χ3n) is 10.9. The van der Waals surface area contributed by atoms with Crippen LogP contribution in [-0.2, 0) is 46.3 Å². The molecule has 0 spiro atoms.